The summed E-state index contributed by atoms with van der Waals surface area (Å²) in [4.78, 5) is 26.1. The van der Waals surface area contributed by atoms with E-state index in [0.717, 1.165) is 6.42 Å². The SMILES string of the molecule is CCNC(=O)CC(OC)C(C(C)CC)N(C)C(=O)CC(C)C. The Morgan fingerprint density at radius 3 is 2.14 bits per heavy atom. The van der Waals surface area contributed by atoms with Crippen LogP contribution in [-0.4, -0.2) is 49.6 Å². The molecule has 0 bridgehead atoms. The first-order chi connectivity index (χ1) is 10.3. The third-order valence-electron chi connectivity index (χ3n) is 4.09. The highest BCUT2D eigenvalue weighted by molar-refractivity contribution is 5.78. The molecule has 0 spiro atoms. The van der Waals surface area contributed by atoms with Crippen molar-refractivity contribution in [3.8, 4) is 0 Å². The predicted octanol–water partition coefficient (Wildman–Crippen LogP) is 2.45. The van der Waals surface area contributed by atoms with Crippen molar-refractivity contribution in [2.24, 2.45) is 11.8 Å². The second-order valence-corrected chi connectivity index (χ2v) is 6.41. The summed E-state index contributed by atoms with van der Waals surface area (Å²) in [5, 5.41) is 2.80. The van der Waals surface area contributed by atoms with Crippen LogP contribution in [0.3, 0.4) is 0 Å². The van der Waals surface area contributed by atoms with Gasteiger partial charge in [0.1, 0.15) is 0 Å². The van der Waals surface area contributed by atoms with Crippen molar-refractivity contribution in [2.75, 3.05) is 20.7 Å². The number of hydrogen-bond donors (Lipinski definition) is 1. The summed E-state index contributed by atoms with van der Waals surface area (Å²) in [7, 11) is 3.44. The Labute approximate surface area is 135 Å². The molecule has 0 radical (unpaired) electrons. The van der Waals surface area contributed by atoms with Gasteiger partial charge in [-0.3, -0.25) is 9.59 Å². The zero-order valence-corrected chi connectivity index (χ0v) is 15.3. The van der Waals surface area contributed by atoms with Crippen molar-refractivity contribution in [3.05, 3.63) is 0 Å². The predicted molar refractivity (Wildman–Crippen MR) is 89.6 cm³/mol. The zero-order chi connectivity index (χ0) is 17.3. The second kappa shape index (κ2) is 10.6. The van der Waals surface area contributed by atoms with E-state index >= 15 is 0 Å². The maximum Gasteiger partial charge on any atom is 0.222 e. The lowest BCUT2D eigenvalue weighted by Gasteiger charge is -2.38. The normalized spacial score (nSPS) is 15.3. The molecule has 22 heavy (non-hydrogen) atoms. The van der Waals surface area contributed by atoms with E-state index in [1.807, 2.05) is 27.8 Å². The van der Waals surface area contributed by atoms with Crippen LogP contribution in [-0.2, 0) is 14.3 Å². The molecule has 0 aromatic carbocycles. The number of ether oxygens (including phenoxy) is 1. The molecule has 0 aliphatic heterocycles. The molecule has 3 unspecified atom stereocenters. The molecule has 130 valence electrons. The lowest BCUT2D eigenvalue weighted by molar-refractivity contribution is -0.139. The summed E-state index contributed by atoms with van der Waals surface area (Å²) < 4.78 is 5.57. The molecule has 0 rings (SSSR count). The third-order valence-corrected chi connectivity index (χ3v) is 4.09. The Morgan fingerprint density at radius 1 is 1.14 bits per heavy atom. The van der Waals surface area contributed by atoms with Crippen molar-refractivity contribution < 1.29 is 14.3 Å². The van der Waals surface area contributed by atoms with Gasteiger partial charge >= 0.3 is 0 Å². The monoisotopic (exact) mass is 314 g/mol. The van der Waals surface area contributed by atoms with Gasteiger partial charge in [-0.05, 0) is 18.8 Å². The minimum absolute atomic E-state index is 0.0349. The van der Waals surface area contributed by atoms with Gasteiger partial charge in [0.05, 0.1) is 18.6 Å². The van der Waals surface area contributed by atoms with Crippen molar-refractivity contribution in [2.45, 2.75) is 66.0 Å². The molecule has 0 aromatic heterocycles. The maximum atomic E-state index is 12.4. The van der Waals surface area contributed by atoms with Gasteiger partial charge in [0.25, 0.3) is 0 Å². The van der Waals surface area contributed by atoms with Crippen molar-refractivity contribution in [3.63, 3.8) is 0 Å². The fourth-order valence-electron chi connectivity index (χ4n) is 2.69. The quantitative estimate of drug-likeness (QED) is 0.674. The number of carbonyl (C=O) groups excluding carboxylic acids is 2. The average molecular weight is 314 g/mol. The molecule has 0 fully saturated rings. The van der Waals surface area contributed by atoms with Gasteiger partial charge in [0, 0.05) is 27.1 Å². The Bertz CT molecular complexity index is 345. The maximum absolute atomic E-state index is 12.4. The van der Waals surface area contributed by atoms with Crippen LogP contribution in [0.2, 0.25) is 0 Å². The second-order valence-electron chi connectivity index (χ2n) is 6.41. The molecule has 1 N–H and O–H groups in total. The summed E-state index contributed by atoms with van der Waals surface area (Å²) in [5.74, 6) is 0.656. The highest BCUT2D eigenvalue weighted by Gasteiger charge is 2.33. The van der Waals surface area contributed by atoms with Gasteiger partial charge in [0.15, 0.2) is 0 Å². The van der Waals surface area contributed by atoms with Crippen molar-refractivity contribution in [1.29, 1.82) is 0 Å². The standard InChI is InChI=1S/C17H34N2O3/c1-8-13(5)17(19(6)16(21)10-12(3)4)14(22-7)11-15(20)18-9-2/h12-14,17H,8-11H2,1-7H3,(H,18,20). The molecular formula is C17H34N2O3. The Morgan fingerprint density at radius 2 is 1.73 bits per heavy atom. The number of hydrogen-bond acceptors (Lipinski definition) is 3. The van der Waals surface area contributed by atoms with Gasteiger partial charge in [-0.25, -0.2) is 0 Å². The smallest absolute Gasteiger partial charge is 0.222 e. The lowest BCUT2D eigenvalue weighted by Crippen LogP contribution is -2.50. The van der Waals surface area contributed by atoms with Gasteiger partial charge in [-0.15, -0.1) is 0 Å². The van der Waals surface area contributed by atoms with Crippen LogP contribution in [0.5, 0.6) is 0 Å². The number of nitrogens with one attached hydrogen (secondary N) is 1. The lowest BCUT2D eigenvalue weighted by atomic mass is 9.90. The molecular weight excluding hydrogens is 280 g/mol. The number of methoxy groups -OCH3 is 1. The molecule has 0 aliphatic rings. The van der Waals surface area contributed by atoms with E-state index < -0.39 is 0 Å². The molecule has 0 saturated heterocycles. The summed E-state index contributed by atoms with van der Waals surface area (Å²) in [6.07, 6.45) is 1.43. The molecule has 0 aliphatic carbocycles. The summed E-state index contributed by atoms with van der Waals surface area (Å²) >= 11 is 0. The van der Waals surface area contributed by atoms with E-state index in [4.69, 9.17) is 4.74 Å². The zero-order valence-electron chi connectivity index (χ0n) is 15.3. The van der Waals surface area contributed by atoms with Crippen LogP contribution in [0.25, 0.3) is 0 Å². The number of amides is 2. The van der Waals surface area contributed by atoms with E-state index in [-0.39, 0.29) is 36.3 Å². The van der Waals surface area contributed by atoms with Crippen molar-refractivity contribution >= 4 is 11.8 Å². The van der Waals surface area contributed by atoms with E-state index in [2.05, 4.69) is 19.2 Å². The highest BCUT2D eigenvalue weighted by atomic mass is 16.5. The number of carbonyl (C=O) groups is 2. The first kappa shape index (κ1) is 20.9. The molecule has 2 amide bonds. The molecule has 3 atom stereocenters. The van der Waals surface area contributed by atoms with Gasteiger partial charge < -0.3 is 15.0 Å². The Hall–Kier alpha value is -1.10. The first-order valence-electron chi connectivity index (χ1n) is 8.33. The van der Waals surface area contributed by atoms with E-state index in [1.54, 1.807) is 12.0 Å². The van der Waals surface area contributed by atoms with Crippen LogP contribution in [0.1, 0.15) is 53.9 Å². The molecule has 5 nitrogen and oxygen atoms in total. The molecule has 5 heteroatoms. The average Bonchev–Trinajstić information content (AvgIpc) is 2.45. The van der Waals surface area contributed by atoms with Crippen LogP contribution in [0.15, 0.2) is 0 Å². The molecule has 0 saturated carbocycles. The minimum atomic E-state index is -0.289. The van der Waals surface area contributed by atoms with Crippen LogP contribution >= 0.6 is 0 Å². The molecule has 0 aromatic rings. The topological polar surface area (TPSA) is 58.6 Å². The summed E-state index contributed by atoms with van der Waals surface area (Å²) in [6, 6.07) is -0.0937. The van der Waals surface area contributed by atoms with Gasteiger partial charge in [0.2, 0.25) is 11.8 Å². The number of nitrogens with zero attached hydrogens (tertiary/aromatic N) is 1. The summed E-state index contributed by atoms with van der Waals surface area (Å²) in [6.45, 7) is 10.8. The van der Waals surface area contributed by atoms with E-state index in [9.17, 15) is 9.59 Å². The minimum Gasteiger partial charge on any atom is -0.379 e. The Kier molecular flexibility index (Phi) is 10.1. The number of likely N-dealkylation sites (N-methyl/N-ethyl adjacent to an activating group) is 1. The van der Waals surface area contributed by atoms with Crippen LogP contribution in [0, 0.1) is 11.8 Å². The van der Waals surface area contributed by atoms with Crippen LogP contribution < -0.4 is 5.32 Å². The van der Waals surface area contributed by atoms with Gasteiger partial charge in [-0.2, -0.15) is 0 Å². The van der Waals surface area contributed by atoms with Gasteiger partial charge in [-0.1, -0.05) is 34.1 Å². The van der Waals surface area contributed by atoms with E-state index in [1.165, 1.54) is 0 Å². The number of rotatable bonds is 10. The Balaban J connectivity index is 5.14. The largest absolute Gasteiger partial charge is 0.379 e. The van der Waals surface area contributed by atoms with E-state index in [0.29, 0.717) is 18.9 Å². The van der Waals surface area contributed by atoms with Crippen LogP contribution in [0.4, 0.5) is 0 Å². The fourth-order valence-corrected chi connectivity index (χ4v) is 2.69. The van der Waals surface area contributed by atoms with Crippen molar-refractivity contribution in [1.82, 2.24) is 10.2 Å². The summed E-state index contributed by atoms with van der Waals surface area (Å²) in [5.41, 5.74) is 0. The highest BCUT2D eigenvalue weighted by Crippen LogP contribution is 2.22. The third kappa shape index (κ3) is 6.77. The molecule has 0 heterocycles. The fraction of sp³-hybridized carbons (Fsp3) is 0.882. The first-order valence-corrected chi connectivity index (χ1v) is 8.33.